The summed E-state index contributed by atoms with van der Waals surface area (Å²) in [6.45, 7) is 2.21. The molecule has 0 aromatic carbocycles. The quantitative estimate of drug-likeness (QED) is 0.402. The molecule has 0 saturated heterocycles. The maximum atomic E-state index is 10.3. The van der Waals surface area contributed by atoms with Gasteiger partial charge in [-0.1, -0.05) is 31.6 Å². The number of hydrogen-bond donors (Lipinski definition) is 1. The van der Waals surface area contributed by atoms with Crippen molar-refractivity contribution in [3.8, 4) is 0 Å². The van der Waals surface area contributed by atoms with Crippen LogP contribution in [0.2, 0.25) is 0 Å². The second kappa shape index (κ2) is 8.07. The minimum absolute atomic E-state index is 0.601. The Morgan fingerprint density at radius 2 is 1.94 bits per heavy atom. The fraction of sp³-hybridized carbons (Fsp3) is 0.643. The van der Waals surface area contributed by atoms with Gasteiger partial charge in [-0.3, -0.25) is 0 Å². The lowest BCUT2D eigenvalue weighted by atomic mass is 10.0. The van der Waals surface area contributed by atoms with E-state index in [1.165, 1.54) is 19.3 Å². The molecule has 0 spiro atoms. The summed E-state index contributed by atoms with van der Waals surface area (Å²) in [7, 11) is 6.63. The van der Waals surface area contributed by atoms with Crippen molar-refractivity contribution >= 4 is 5.97 Å². The van der Waals surface area contributed by atoms with E-state index in [0.717, 1.165) is 17.0 Å². The molecule has 0 aromatic rings. The maximum absolute atomic E-state index is 10.3. The normalized spacial score (nSPS) is 14.6. The van der Waals surface area contributed by atoms with Crippen LogP contribution in [0.4, 0.5) is 0 Å². The Hall–Kier alpha value is -1.09. The number of rotatable bonds is 8. The first kappa shape index (κ1) is 15.9. The molecule has 0 rings (SSSR count). The topological polar surface area (TPSA) is 37.3 Å². The average Bonchev–Trinajstić information content (AvgIpc) is 2.19. The van der Waals surface area contributed by atoms with Crippen LogP contribution < -0.4 is 0 Å². The summed E-state index contributed by atoms with van der Waals surface area (Å²) in [4.78, 5) is 10.3. The van der Waals surface area contributed by atoms with E-state index >= 15 is 0 Å². The Morgan fingerprint density at radius 3 is 2.41 bits per heavy atom. The third-order valence-corrected chi connectivity index (χ3v) is 2.88. The molecule has 1 N–H and O–H groups in total. The zero-order valence-electron chi connectivity index (χ0n) is 11.5. The number of hydrogen-bond acceptors (Lipinski definition) is 1. The minimum atomic E-state index is -0.899. The van der Waals surface area contributed by atoms with E-state index in [2.05, 4.69) is 34.1 Å². The number of carboxylic acids is 1. The highest BCUT2D eigenvalue weighted by Crippen LogP contribution is 2.15. The second-order valence-electron chi connectivity index (χ2n) is 5.27. The summed E-state index contributed by atoms with van der Waals surface area (Å²) < 4.78 is 0.951. The first-order valence-electron chi connectivity index (χ1n) is 6.25. The first-order chi connectivity index (χ1) is 7.88. The van der Waals surface area contributed by atoms with Crippen LogP contribution in [0.15, 0.2) is 24.3 Å². The van der Waals surface area contributed by atoms with E-state index in [1.54, 1.807) is 6.08 Å². The monoisotopic (exact) mass is 240 g/mol. The van der Waals surface area contributed by atoms with Gasteiger partial charge in [0.2, 0.25) is 0 Å². The molecule has 0 bridgehead atoms. The molecule has 0 radical (unpaired) electrons. The molecule has 0 heterocycles. The van der Waals surface area contributed by atoms with Crippen molar-refractivity contribution in [1.82, 2.24) is 0 Å². The molecular formula is C14H26NO2+. The van der Waals surface area contributed by atoms with Crippen LogP contribution in [0.25, 0.3) is 0 Å². The Morgan fingerprint density at radius 1 is 1.29 bits per heavy atom. The molecule has 1 atom stereocenters. The van der Waals surface area contributed by atoms with Crippen LogP contribution >= 0.6 is 0 Å². The van der Waals surface area contributed by atoms with Gasteiger partial charge in [0.15, 0.2) is 0 Å². The highest BCUT2D eigenvalue weighted by atomic mass is 16.4. The van der Waals surface area contributed by atoms with Crippen molar-refractivity contribution in [3.05, 3.63) is 24.3 Å². The number of unbranched alkanes of at least 4 members (excludes halogenated alkanes) is 1. The molecule has 0 aliphatic heterocycles. The first-order valence-corrected chi connectivity index (χ1v) is 6.25. The van der Waals surface area contributed by atoms with E-state index in [0.29, 0.717) is 6.04 Å². The van der Waals surface area contributed by atoms with Gasteiger partial charge in [0.05, 0.1) is 27.2 Å². The summed E-state index contributed by atoms with van der Waals surface area (Å²) >= 11 is 0. The molecule has 0 saturated carbocycles. The van der Waals surface area contributed by atoms with Crippen molar-refractivity contribution in [2.75, 3.05) is 21.1 Å². The van der Waals surface area contributed by atoms with Crippen LogP contribution in [-0.2, 0) is 4.79 Å². The third kappa shape index (κ3) is 8.69. The van der Waals surface area contributed by atoms with Gasteiger partial charge < -0.3 is 9.59 Å². The molecule has 98 valence electrons. The highest BCUT2D eigenvalue weighted by molar-refractivity contribution is 5.80. The smallest absolute Gasteiger partial charge is 0.328 e. The van der Waals surface area contributed by atoms with Crippen molar-refractivity contribution in [2.45, 2.75) is 38.6 Å². The lowest BCUT2D eigenvalue weighted by Crippen LogP contribution is -2.44. The van der Waals surface area contributed by atoms with Crippen molar-refractivity contribution in [1.29, 1.82) is 0 Å². The van der Waals surface area contributed by atoms with Gasteiger partial charge in [0.25, 0.3) is 0 Å². The summed E-state index contributed by atoms with van der Waals surface area (Å²) in [6.07, 6.45) is 11.3. The third-order valence-electron chi connectivity index (χ3n) is 2.88. The lowest BCUT2D eigenvalue weighted by molar-refractivity contribution is -0.896. The fourth-order valence-corrected chi connectivity index (χ4v) is 1.71. The van der Waals surface area contributed by atoms with Gasteiger partial charge in [-0.15, -0.1) is 0 Å². The predicted octanol–water partition coefficient (Wildman–Crippen LogP) is 2.84. The molecule has 0 amide bonds. The lowest BCUT2D eigenvalue weighted by Gasteiger charge is -2.33. The highest BCUT2D eigenvalue weighted by Gasteiger charge is 2.21. The zero-order chi connectivity index (χ0) is 13.3. The van der Waals surface area contributed by atoms with Crippen molar-refractivity contribution in [3.63, 3.8) is 0 Å². The van der Waals surface area contributed by atoms with Crippen LogP contribution in [0, 0.1) is 0 Å². The molecule has 0 fully saturated rings. The molecule has 3 nitrogen and oxygen atoms in total. The Kier molecular flexibility index (Phi) is 7.55. The van der Waals surface area contributed by atoms with Crippen molar-refractivity contribution < 1.29 is 14.4 Å². The fourth-order valence-electron chi connectivity index (χ4n) is 1.71. The minimum Gasteiger partial charge on any atom is -0.478 e. The van der Waals surface area contributed by atoms with Gasteiger partial charge in [0.1, 0.15) is 0 Å². The number of quaternary nitrogens is 1. The van der Waals surface area contributed by atoms with E-state index in [4.69, 9.17) is 5.11 Å². The van der Waals surface area contributed by atoms with Gasteiger partial charge in [0, 0.05) is 12.5 Å². The van der Waals surface area contributed by atoms with Crippen molar-refractivity contribution in [2.24, 2.45) is 0 Å². The molecule has 0 aromatic heterocycles. The van der Waals surface area contributed by atoms with Crippen LogP contribution in [0.1, 0.15) is 32.6 Å². The zero-order valence-corrected chi connectivity index (χ0v) is 11.5. The number of carboxylic acid groups (broad SMARTS) is 1. The average molecular weight is 240 g/mol. The summed E-state index contributed by atoms with van der Waals surface area (Å²) in [5.74, 6) is -0.899. The predicted molar refractivity (Wildman–Crippen MR) is 71.9 cm³/mol. The standard InChI is InChI=1S/C14H25NO2/c1-5-6-10-13(15(2,3)4)11-8-7-9-12-14(16)17/h7-9,12-13H,5-6,10-11H2,1-4H3/p+1. The Labute approximate surface area is 105 Å². The molecule has 1 unspecified atom stereocenters. The van der Waals surface area contributed by atoms with Crippen LogP contribution in [0.5, 0.6) is 0 Å². The number of nitrogens with zero attached hydrogens (tertiary/aromatic N) is 1. The van der Waals surface area contributed by atoms with Crippen LogP contribution in [0.3, 0.4) is 0 Å². The van der Waals surface area contributed by atoms with Gasteiger partial charge in [-0.05, 0) is 12.8 Å². The summed E-state index contributed by atoms with van der Waals surface area (Å²) in [6, 6.07) is 0.601. The second-order valence-corrected chi connectivity index (χ2v) is 5.27. The van der Waals surface area contributed by atoms with Gasteiger partial charge >= 0.3 is 5.97 Å². The van der Waals surface area contributed by atoms with Crippen LogP contribution in [-0.4, -0.2) is 42.7 Å². The molecule has 3 heteroatoms. The molecule has 17 heavy (non-hydrogen) atoms. The molecule has 0 aliphatic carbocycles. The number of allylic oxidation sites excluding steroid dienone is 2. The van der Waals surface area contributed by atoms with E-state index < -0.39 is 5.97 Å². The van der Waals surface area contributed by atoms with Gasteiger partial charge in [-0.25, -0.2) is 4.79 Å². The summed E-state index contributed by atoms with van der Waals surface area (Å²) in [5.41, 5.74) is 0. The Balaban J connectivity index is 4.21. The molecular weight excluding hydrogens is 214 g/mol. The number of carbonyl (C=O) groups is 1. The molecule has 0 aliphatic rings. The van der Waals surface area contributed by atoms with E-state index in [-0.39, 0.29) is 0 Å². The van der Waals surface area contributed by atoms with E-state index in [9.17, 15) is 4.79 Å². The largest absolute Gasteiger partial charge is 0.478 e. The Bertz CT molecular complexity index is 274. The maximum Gasteiger partial charge on any atom is 0.328 e. The van der Waals surface area contributed by atoms with E-state index in [1.807, 2.05) is 6.08 Å². The SMILES string of the molecule is CCCCC(CC=CC=CC(=O)O)[N+](C)(C)C. The van der Waals surface area contributed by atoms with Gasteiger partial charge in [-0.2, -0.15) is 0 Å². The summed E-state index contributed by atoms with van der Waals surface area (Å²) in [5, 5.41) is 8.44. The number of aliphatic carboxylic acids is 1.